The van der Waals surface area contributed by atoms with Gasteiger partial charge in [0.2, 0.25) is 0 Å². The molecule has 1 heterocycles. The fourth-order valence-electron chi connectivity index (χ4n) is 1.81. The second-order valence-corrected chi connectivity index (χ2v) is 4.06. The molecule has 0 fully saturated rings. The molecule has 0 aliphatic carbocycles. The molecule has 0 saturated carbocycles. The van der Waals surface area contributed by atoms with Crippen LogP contribution in [0.2, 0.25) is 0 Å². The van der Waals surface area contributed by atoms with Gasteiger partial charge >= 0.3 is 0 Å². The third-order valence-electron chi connectivity index (χ3n) is 2.69. The Kier molecular flexibility index (Phi) is 5.38. The predicted octanol–water partition coefficient (Wildman–Crippen LogP) is 1.65. The Bertz CT molecular complexity index is 366. The summed E-state index contributed by atoms with van der Waals surface area (Å²) in [4.78, 5) is 4.34. The Morgan fingerprint density at radius 2 is 2.12 bits per heavy atom. The number of ether oxygens (including phenoxy) is 2. The number of hydrogen-bond acceptors (Lipinski definition) is 4. The minimum atomic E-state index is -0.520. The lowest BCUT2D eigenvalue weighted by Crippen LogP contribution is -2.19. The van der Waals surface area contributed by atoms with Crippen molar-refractivity contribution in [2.45, 2.75) is 33.3 Å². The average Bonchev–Trinajstić information content (AvgIpc) is 2.31. The molecule has 0 amide bonds. The number of aryl methyl sites for hydroxylation is 1. The van der Waals surface area contributed by atoms with Gasteiger partial charge < -0.3 is 14.6 Å². The molecule has 96 valence electrons. The topological polar surface area (TPSA) is 51.6 Å². The third kappa shape index (κ3) is 3.68. The lowest BCUT2D eigenvalue weighted by molar-refractivity contribution is 0.0424. The van der Waals surface area contributed by atoms with Crippen LogP contribution in [0.3, 0.4) is 0 Å². The third-order valence-corrected chi connectivity index (χ3v) is 2.69. The van der Waals surface area contributed by atoms with Gasteiger partial charge in [-0.15, -0.1) is 0 Å². The van der Waals surface area contributed by atoms with Crippen LogP contribution in [-0.4, -0.2) is 36.5 Å². The van der Waals surface area contributed by atoms with E-state index in [1.165, 1.54) is 0 Å². The summed E-state index contributed by atoms with van der Waals surface area (Å²) < 4.78 is 10.5. The van der Waals surface area contributed by atoms with Gasteiger partial charge in [-0.25, -0.2) is 0 Å². The van der Waals surface area contributed by atoms with E-state index < -0.39 is 6.10 Å². The zero-order valence-electron chi connectivity index (χ0n) is 11.0. The number of aromatic nitrogens is 1. The Labute approximate surface area is 103 Å². The van der Waals surface area contributed by atoms with E-state index in [-0.39, 0.29) is 0 Å². The number of hydrogen-bond donors (Lipinski definition) is 1. The van der Waals surface area contributed by atoms with Crippen LogP contribution in [0.15, 0.2) is 6.20 Å². The Hall–Kier alpha value is -1.13. The second-order valence-electron chi connectivity index (χ2n) is 4.06. The van der Waals surface area contributed by atoms with Crippen LogP contribution < -0.4 is 4.74 Å². The molecule has 0 spiro atoms. The Morgan fingerprint density at radius 1 is 1.41 bits per heavy atom. The minimum absolute atomic E-state index is 0.341. The van der Waals surface area contributed by atoms with E-state index in [9.17, 15) is 5.11 Å². The standard InChI is InChI=1S/C13H21NO3/c1-5-17-8-11(15)6-12-10(3)13(16-4)9(2)7-14-12/h7,11,15H,5-6,8H2,1-4H3. The van der Waals surface area contributed by atoms with E-state index in [1.54, 1.807) is 13.3 Å². The normalized spacial score (nSPS) is 12.5. The number of pyridine rings is 1. The zero-order chi connectivity index (χ0) is 12.8. The summed E-state index contributed by atoms with van der Waals surface area (Å²) in [5.74, 6) is 0.846. The highest BCUT2D eigenvalue weighted by Gasteiger charge is 2.13. The van der Waals surface area contributed by atoms with Crippen LogP contribution in [0, 0.1) is 13.8 Å². The van der Waals surface area contributed by atoms with Gasteiger partial charge in [-0.3, -0.25) is 4.98 Å². The maximum Gasteiger partial charge on any atom is 0.128 e. The summed E-state index contributed by atoms with van der Waals surface area (Å²) in [6, 6.07) is 0. The van der Waals surface area contributed by atoms with Crippen LogP contribution in [0.4, 0.5) is 0 Å². The second kappa shape index (κ2) is 6.57. The van der Waals surface area contributed by atoms with E-state index in [4.69, 9.17) is 9.47 Å². The zero-order valence-corrected chi connectivity index (χ0v) is 11.0. The molecule has 0 bridgehead atoms. The fourth-order valence-corrected chi connectivity index (χ4v) is 1.81. The predicted molar refractivity (Wildman–Crippen MR) is 66.5 cm³/mol. The lowest BCUT2D eigenvalue weighted by Gasteiger charge is -2.15. The van der Waals surface area contributed by atoms with Crippen molar-refractivity contribution in [3.8, 4) is 5.75 Å². The van der Waals surface area contributed by atoms with Gasteiger partial charge in [0, 0.05) is 36.0 Å². The van der Waals surface area contributed by atoms with Crippen molar-refractivity contribution < 1.29 is 14.6 Å². The molecule has 1 atom stereocenters. The SMILES string of the molecule is CCOCC(O)Cc1ncc(C)c(OC)c1C. The number of aliphatic hydroxyl groups is 1. The molecule has 0 aromatic carbocycles. The largest absolute Gasteiger partial charge is 0.496 e. The van der Waals surface area contributed by atoms with Crippen molar-refractivity contribution in [1.29, 1.82) is 0 Å². The monoisotopic (exact) mass is 239 g/mol. The van der Waals surface area contributed by atoms with Crippen molar-refractivity contribution in [2.75, 3.05) is 20.3 Å². The molecule has 4 nitrogen and oxygen atoms in total. The van der Waals surface area contributed by atoms with Gasteiger partial charge in [-0.1, -0.05) is 0 Å². The molecule has 1 rings (SSSR count). The summed E-state index contributed by atoms with van der Waals surface area (Å²) in [7, 11) is 1.65. The molecule has 0 aliphatic rings. The Morgan fingerprint density at radius 3 is 2.71 bits per heavy atom. The van der Waals surface area contributed by atoms with Crippen LogP contribution in [0.1, 0.15) is 23.7 Å². The minimum Gasteiger partial charge on any atom is -0.496 e. The first-order valence-corrected chi connectivity index (χ1v) is 5.85. The summed E-state index contributed by atoms with van der Waals surface area (Å²) in [6.45, 7) is 6.78. The molecule has 0 aliphatic heterocycles. The maximum atomic E-state index is 9.79. The highest BCUT2D eigenvalue weighted by atomic mass is 16.5. The van der Waals surface area contributed by atoms with Gasteiger partial charge in [0.15, 0.2) is 0 Å². The highest BCUT2D eigenvalue weighted by molar-refractivity contribution is 5.41. The average molecular weight is 239 g/mol. The maximum absolute atomic E-state index is 9.79. The number of nitrogens with zero attached hydrogens (tertiary/aromatic N) is 1. The first-order chi connectivity index (χ1) is 8.10. The van der Waals surface area contributed by atoms with E-state index in [0.29, 0.717) is 19.6 Å². The first-order valence-electron chi connectivity index (χ1n) is 5.85. The van der Waals surface area contributed by atoms with Crippen molar-refractivity contribution >= 4 is 0 Å². The number of aliphatic hydroxyl groups excluding tert-OH is 1. The molecule has 1 aromatic rings. The molecule has 17 heavy (non-hydrogen) atoms. The molecule has 4 heteroatoms. The first kappa shape index (κ1) is 13.9. The van der Waals surface area contributed by atoms with E-state index in [0.717, 1.165) is 22.6 Å². The molecule has 0 radical (unpaired) electrons. The number of rotatable bonds is 6. The summed E-state index contributed by atoms with van der Waals surface area (Å²) in [5, 5.41) is 9.79. The summed E-state index contributed by atoms with van der Waals surface area (Å²) in [5.41, 5.74) is 2.86. The molecule has 1 aromatic heterocycles. The van der Waals surface area contributed by atoms with Crippen molar-refractivity contribution in [2.24, 2.45) is 0 Å². The van der Waals surface area contributed by atoms with E-state index in [2.05, 4.69) is 4.98 Å². The molecule has 1 N–H and O–H groups in total. The summed E-state index contributed by atoms with van der Waals surface area (Å²) in [6.07, 6.45) is 1.74. The van der Waals surface area contributed by atoms with Gasteiger partial charge in [0.1, 0.15) is 5.75 Å². The van der Waals surface area contributed by atoms with Gasteiger partial charge in [0.25, 0.3) is 0 Å². The van der Waals surface area contributed by atoms with E-state index >= 15 is 0 Å². The van der Waals surface area contributed by atoms with Crippen LogP contribution in [-0.2, 0) is 11.2 Å². The quantitative estimate of drug-likeness (QED) is 0.820. The van der Waals surface area contributed by atoms with Crippen molar-refractivity contribution in [1.82, 2.24) is 4.98 Å². The van der Waals surface area contributed by atoms with Crippen LogP contribution >= 0.6 is 0 Å². The number of methoxy groups -OCH3 is 1. The molecule has 1 unspecified atom stereocenters. The molecule has 0 saturated heterocycles. The Balaban J connectivity index is 2.78. The van der Waals surface area contributed by atoms with Crippen molar-refractivity contribution in [3.05, 3.63) is 23.0 Å². The van der Waals surface area contributed by atoms with Crippen LogP contribution in [0.25, 0.3) is 0 Å². The highest BCUT2D eigenvalue weighted by Crippen LogP contribution is 2.24. The van der Waals surface area contributed by atoms with Crippen molar-refractivity contribution in [3.63, 3.8) is 0 Å². The van der Waals surface area contributed by atoms with Gasteiger partial charge in [-0.2, -0.15) is 0 Å². The molecular weight excluding hydrogens is 218 g/mol. The van der Waals surface area contributed by atoms with Gasteiger partial charge in [-0.05, 0) is 20.8 Å². The smallest absolute Gasteiger partial charge is 0.128 e. The van der Waals surface area contributed by atoms with E-state index in [1.807, 2.05) is 20.8 Å². The van der Waals surface area contributed by atoms with Crippen LogP contribution in [0.5, 0.6) is 5.75 Å². The fraction of sp³-hybridized carbons (Fsp3) is 0.615. The summed E-state index contributed by atoms with van der Waals surface area (Å²) >= 11 is 0. The lowest BCUT2D eigenvalue weighted by atomic mass is 10.1. The molecular formula is C13H21NO3. The van der Waals surface area contributed by atoms with Gasteiger partial charge in [0.05, 0.1) is 19.8 Å².